The smallest absolute Gasteiger partial charge is 0.129 e. The second-order valence-electron chi connectivity index (χ2n) is 3.26. The summed E-state index contributed by atoms with van der Waals surface area (Å²) in [5.41, 5.74) is -0.717. The standard InChI is InChI=1S/C8H13N3O/c1-8(2,12)5-10-7-3-4-9-6-11-7/h3-4,6,12H,5H2,1-2H3,(H,9,10,11). The van der Waals surface area contributed by atoms with Crippen LogP contribution in [0.3, 0.4) is 0 Å². The van der Waals surface area contributed by atoms with Crippen LogP contribution in [0.5, 0.6) is 0 Å². The molecule has 0 unspecified atom stereocenters. The Morgan fingerprint density at radius 3 is 2.83 bits per heavy atom. The van der Waals surface area contributed by atoms with Crippen LogP contribution in [0.2, 0.25) is 0 Å². The second-order valence-corrected chi connectivity index (χ2v) is 3.26. The average molecular weight is 167 g/mol. The molecule has 1 rings (SSSR count). The highest BCUT2D eigenvalue weighted by molar-refractivity contribution is 5.31. The lowest BCUT2D eigenvalue weighted by Gasteiger charge is -2.17. The molecule has 0 aliphatic rings. The first-order valence-electron chi connectivity index (χ1n) is 3.80. The summed E-state index contributed by atoms with van der Waals surface area (Å²) in [6, 6.07) is 1.76. The average Bonchev–Trinajstić information content (AvgIpc) is 2.02. The summed E-state index contributed by atoms with van der Waals surface area (Å²) in [7, 11) is 0. The molecule has 0 amide bonds. The van der Waals surface area contributed by atoms with E-state index in [4.69, 9.17) is 0 Å². The van der Waals surface area contributed by atoms with Crippen molar-refractivity contribution in [3.05, 3.63) is 18.6 Å². The normalized spacial score (nSPS) is 11.2. The van der Waals surface area contributed by atoms with Gasteiger partial charge in [-0.3, -0.25) is 0 Å². The molecule has 0 spiro atoms. The van der Waals surface area contributed by atoms with Crippen molar-refractivity contribution in [2.45, 2.75) is 19.4 Å². The lowest BCUT2D eigenvalue weighted by molar-refractivity contribution is 0.0944. The minimum Gasteiger partial charge on any atom is -0.389 e. The zero-order valence-electron chi connectivity index (χ0n) is 7.28. The first kappa shape index (κ1) is 8.93. The van der Waals surface area contributed by atoms with Crippen molar-refractivity contribution in [2.75, 3.05) is 11.9 Å². The van der Waals surface area contributed by atoms with Gasteiger partial charge in [-0.05, 0) is 19.9 Å². The number of anilines is 1. The zero-order chi connectivity index (χ0) is 9.03. The summed E-state index contributed by atoms with van der Waals surface area (Å²) < 4.78 is 0. The maximum absolute atomic E-state index is 9.37. The van der Waals surface area contributed by atoms with Gasteiger partial charge in [-0.25, -0.2) is 9.97 Å². The Labute approximate surface area is 71.7 Å². The number of hydrogen-bond donors (Lipinski definition) is 2. The van der Waals surface area contributed by atoms with E-state index in [1.54, 1.807) is 26.1 Å². The fourth-order valence-corrected chi connectivity index (χ4v) is 0.702. The van der Waals surface area contributed by atoms with Gasteiger partial charge in [0.25, 0.3) is 0 Å². The molecule has 0 radical (unpaired) electrons. The van der Waals surface area contributed by atoms with Crippen LogP contribution in [0, 0.1) is 0 Å². The first-order chi connectivity index (χ1) is 5.58. The minimum atomic E-state index is -0.717. The van der Waals surface area contributed by atoms with Crippen molar-refractivity contribution in [3.63, 3.8) is 0 Å². The molecule has 0 aliphatic carbocycles. The lowest BCUT2D eigenvalue weighted by Crippen LogP contribution is -2.29. The van der Waals surface area contributed by atoms with Crippen LogP contribution in [0.1, 0.15) is 13.8 Å². The van der Waals surface area contributed by atoms with Gasteiger partial charge in [-0.2, -0.15) is 0 Å². The molecule has 0 bridgehead atoms. The highest BCUT2D eigenvalue weighted by atomic mass is 16.3. The van der Waals surface area contributed by atoms with Crippen LogP contribution in [0.15, 0.2) is 18.6 Å². The van der Waals surface area contributed by atoms with Gasteiger partial charge in [0.15, 0.2) is 0 Å². The van der Waals surface area contributed by atoms with Crippen molar-refractivity contribution in [2.24, 2.45) is 0 Å². The predicted molar refractivity (Wildman–Crippen MR) is 46.8 cm³/mol. The molecule has 0 aromatic carbocycles. The van der Waals surface area contributed by atoms with Gasteiger partial charge in [-0.1, -0.05) is 0 Å². The predicted octanol–water partition coefficient (Wildman–Crippen LogP) is 0.659. The van der Waals surface area contributed by atoms with E-state index in [9.17, 15) is 5.11 Å². The van der Waals surface area contributed by atoms with Crippen LogP contribution < -0.4 is 5.32 Å². The second kappa shape index (κ2) is 3.49. The van der Waals surface area contributed by atoms with Crippen LogP contribution in [-0.2, 0) is 0 Å². The largest absolute Gasteiger partial charge is 0.389 e. The molecular weight excluding hydrogens is 154 g/mol. The summed E-state index contributed by atoms with van der Waals surface area (Å²) in [6.45, 7) is 3.95. The van der Waals surface area contributed by atoms with Crippen LogP contribution >= 0.6 is 0 Å². The van der Waals surface area contributed by atoms with Gasteiger partial charge >= 0.3 is 0 Å². The Morgan fingerprint density at radius 2 is 2.33 bits per heavy atom. The van der Waals surface area contributed by atoms with E-state index in [-0.39, 0.29) is 0 Å². The molecule has 4 nitrogen and oxygen atoms in total. The van der Waals surface area contributed by atoms with Gasteiger partial charge in [0.1, 0.15) is 12.1 Å². The molecule has 4 heteroatoms. The molecule has 2 N–H and O–H groups in total. The zero-order valence-corrected chi connectivity index (χ0v) is 7.28. The van der Waals surface area contributed by atoms with Crippen molar-refractivity contribution in [1.29, 1.82) is 0 Å². The Hall–Kier alpha value is -1.16. The highest BCUT2D eigenvalue weighted by Crippen LogP contribution is 2.03. The fourth-order valence-electron chi connectivity index (χ4n) is 0.702. The third-order valence-electron chi connectivity index (χ3n) is 1.28. The van der Waals surface area contributed by atoms with E-state index in [1.807, 2.05) is 0 Å². The van der Waals surface area contributed by atoms with Gasteiger partial charge < -0.3 is 10.4 Å². The van der Waals surface area contributed by atoms with E-state index < -0.39 is 5.60 Å². The van der Waals surface area contributed by atoms with Crippen LogP contribution in [0.25, 0.3) is 0 Å². The number of nitrogens with zero attached hydrogens (tertiary/aromatic N) is 2. The third kappa shape index (κ3) is 3.30. The Morgan fingerprint density at radius 1 is 1.58 bits per heavy atom. The fraction of sp³-hybridized carbons (Fsp3) is 0.500. The molecule has 12 heavy (non-hydrogen) atoms. The number of hydrogen-bond acceptors (Lipinski definition) is 4. The van der Waals surface area contributed by atoms with E-state index >= 15 is 0 Å². The van der Waals surface area contributed by atoms with Crippen LogP contribution in [0.4, 0.5) is 5.82 Å². The summed E-state index contributed by atoms with van der Waals surface area (Å²) in [5, 5.41) is 12.4. The highest BCUT2D eigenvalue weighted by Gasteiger charge is 2.11. The molecule has 1 aromatic heterocycles. The Kier molecular flexibility index (Phi) is 2.60. The molecule has 0 saturated heterocycles. The molecule has 0 fully saturated rings. The first-order valence-corrected chi connectivity index (χ1v) is 3.80. The van der Waals surface area contributed by atoms with Crippen molar-refractivity contribution in [3.8, 4) is 0 Å². The minimum absolute atomic E-state index is 0.476. The van der Waals surface area contributed by atoms with Gasteiger partial charge in [-0.15, -0.1) is 0 Å². The Bertz CT molecular complexity index is 230. The Balaban J connectivity index is 2.44. The van der Waals surface area contributed by atoms with Crippen molar-refractivity contribution >= 4 is 5.82 Å². The maximum Gasteiger partial charge on any atom is 0.129 e. The lowest BCUT2D eigenvalue weighted by atomic mass is 10.1. The molecule has 0 atom stereocenters. The van der Waals surface area contributed by atoms with Gasteiger partial charge in [0.05, 0.1) is 5.60 Å². The van der Waals surface area contributed by atoms with Crippen LogP contribution in [-0.4, -0.2) is 27.2 Å². The van der Waals surface area contributed by atoms with Gasteiger partial charge in [0.2, 0.25) is 0 Å². The monoisotopic (exact) mass is 167 g/mol. The van der Waals surface area contributed by atoms with Crippen molar-refractivity contribution < 1.29 is 5.11 Å². The van der Waals surface area contributed by atoms with Gasteiger partial charge in [0, 0.05) is 12.7 Å². The van der Waals surface area contributed by atoms with E-state index in [1.165, 1.54) is 6.33 Å². The summed E-state index contributed by atoms with van der Waals surface area (Å²) in [4.78, 5) is 7.72. The van der Waals surface area contributed by atoms with E-state index in [0.29, 0.717) is 6.54 Å². The summed E-state index contributed by atoms with van der Waals surface area (Å²) in [5.74, 6) is 0.729. The summed E-state index contributed by atoms with van der Waals surface area (Å²) in [6.07, 6.45) is 3.12. The maximum atomic E-state index is 9.37. The molecular formula is C8H13N3O. The molecule has 0 saturated carbocycles. The number of aromatic nitrogens is 2. The molecule has 1 heterocycles. The molecule has 1 aromatic rings. The third-order valence-corrected chi connectivity index (χ3v) is 1.28. The van der Waals surface area contributed by atoms with Crippen molar-refractivity contribution in [1.82, 2.24) is 9.97 Å². The summed E-state index contributed by atoms with van der Waals surface area (Å²) >= 11 is 0. The van der Waals surface area contributed by atoms with E-state index in [0.717, 1.165) is 5.82 Å². The number of nitrogens with one attached hydrogen (secondary N) is 1. The molecule has 0 aliphatic heterocycles. The molecule has 66 valence electrons. The number of aliphatic hydroxyl groups is 1. The quantitative estimate of drug-likeness (QED) is 0.694. The SMILES string of the molecule is CC(C)(O)CNc1ccncn1. The number of rotatable bonds is 3. The topological polar surface area (TPSA) is 58.0 Å². The van der Waals surface area contributed by atoms with E-state index in [2.05, 4.69) is 15.3 Å².